The molecule has 0 bridgehead atoms. The number of benzene rings is 1. The van der Waals surface area contributed by atoms with Crippen molar-refractivity contribution in [3.05, 3.63) is 23.2 Å². The van der Waals surface area contributed by atoms with Crippen molar-refractivity contribution in [2.75, 3.05) is 16.3 Å². The lowest BCUT2D eigenvalue weighted by Crippen LogP contribution is -2.23. The number of carbonyl (C=O) groups excluding carboxylic acids is 1. The first-order valence-corrected chi connectivity index (χ1v) is 8.85. The van der Waals surface area contributed by atoms with Gasteiger partial charge in [0, 0.05) is 12.0 Å². The van der Waals surface area contributed by atoms with Crippen LogP contribution in [0.2, 0.25) is 5.02 Å². The lowest BCUT2D eigenvalue weighted by Gasteiger charge is -2.13. The fourth-order valence-corrected chi connectivity index (χ4v) is 3.11. The number of nitrogens with one attached hydrogen (secondary N) is 2. The molecule has 116 valence electrons. The molecule has 1 aliphatic carbocycles. The Morgan fingerprint density at radius 1 is 1.38 bits per heavy atom. The van der Waals surface area contributed by atoms with E-state index in [2.05, 4.69) is 10.0 Å². The van der Waals surface area contributed by atoms with E-state index in [9.17, 15) is 13.2 Å². The molecular formula is C13H18ClN3O3S. The van der Waals surface area contributed by atoms with E-state index < -0.39 is 10.0 Å². The van der Waals surface area contributed by atoms with Crippen LogP contribution in [0.3, 0.4) is 0 Å². The van der Waals surface area contributed by atoms with Gasteiger partial charge in [0.2, 0.25) is 15.9 Å². The van der Waals surface area contributed by atoms with Crippen molar-refractivity contribution in [2.45, 2.75) is 25.3 Å². The fraction of sp³-hybridized carbons (Fsp3) is 0.462. The molecule has 1 aromatic rings. The third-order valence-electron chi connectivity index (χ3n) is 3.37. The first-order valence-electron chi connectivity index (χ1n) is 6.58. The number of hydrogen-bond acceptors (Lipinski definition) is 4. The predicted molar refractivity (Wildman–Crippen MR) is 83.9 cm³/mol. The summed E-state index contributed by atoms with van der Waals surface area (Å²) in [7, 11) is -3.38. The molecule has 0 saturated heterocycles. The Kier molecular flexibility index (Phi) is 4.75. The summed E-state index contributed by atoms with van der Waals surface area (Å²) >= 11 is 6.03. The molecule has 1 aromatic carbocycles. The highest BCUT2D eigenvalue weighted by molar-refractivity contribution is 7.92. The van der Waals surface area contributed by atoms with Gasteiger partial charge in [0.25, 0.3) is 0 Å². The molecule has 0 aromatic heterocycles. The van der Waals surface area contributed by atoms with Crippen molar-refractivity contribution in [3.63, 3.8) is 0 Å². The molecule has 1 aliphatic rings. The molecule has 4 N–H and O–H groups in total. The highest BCUT2D eigenvalue weighted by Crippen LogP contribution is 2.29. The number of amides is 1. The molecule has 1 amide bonds. The molecule has 1 fully saturated rings. The van der Waals surface area contributed by atoms with Gasteiger partial charge >= 0.3 is 0 Å². The molecule has 21 heavy (non-hydrogen) atoms. The average molecular weight is 332 g/mol. The van der Waals surface area contributed by atoms with Crippen LogP contribution in [0.15, 0.2) is 18.2 Å². The van der Waals surface area contributed by atoms with Crippen molar-refractivity contribution >= 4 is 38.9 Å². The summed E-state index contributed by atoms with van der Waals surface area (Å²) in [6.45, 7) is 0. The van der Waals surface area contributed by atoms with Crippen LogP contribution in [0.25, 0.3) is 0 Å². The molecule has 8 heteroatoms. The lowest BCUT2D eigenvalue weighted by molar-refractivity contribution is -0.119. The first-order chi connectivity index (χ1) is 9.74. The Labute approximate surface area is 129 Å². The molecule has 0 aliphatic heterocycles. The average Bonchev–Trinajstić information content (AvgIpc) is 2.78. The van der Waals surface area contributed by atoms with Gasteiger partial charge in [0.05, 0.1) is 22.7 Å². The van der Waals surface area contributed by atoms with Crippen molar-refractivity contribution in [1.29, 1.82) is 0 Å². The fourth-order valence-electron chi connectivity index (χ4n) is 2.39. The molecule has 2 atom stereocenters. The van der Waals surface area contributed by atoms with Gasteiger partial charge in [0.15, 0.2) is 0 Å². The van der Waals surface area contributed by atoms with E-state index in [1.165, 1.54) is 18.2 Å². The van der Waals surface area contributed by atoms with Gasteiger partial charge in [-0.3, -0.25) is 9.52 Å². The van der Waals surface area contributed by atoms with E-state index in [1.54, 1.807) is 0 Å². The normalized spacial score (nSPS) is 22.0. The summed E-state index contributed by atoms with van der Waals surface area (Å²) < 4.78 is 24.8. The molecule has 0 radical (unpaired) electrons. The predicted octanol–water partition coefficient (Wildman–Crippen LogP) is 1.78. The van der Waals surface area contributed by atoms with Gasteiger partial charge in [-0.1, -0.05) is 11.6 Å². The number of sulfonamides is 1. The Morgan fingerprint density at radius 3 is 2.67 bits per heavy atom. The van der Waals surface area contributed by atoms with Crippen molar-refractivity contribution < 1.29 is 13.2 Å². The molecule has 2 unspecified atom stereocenters. The zero-order valence-electron chi connectivity index (χ0n) is 11.6. The third-order valence-corrected chi connectivity index (χ3v) is 4.31. The van der Waals surface area contributed by atoms with E-state index in [1.807, 2.05) is 0 Å². The molecule has 6 nitrogen and oxygen atoms in total. The minimum Gasteiger partial charge on any atom is -0.328 e. The van der Waals surface area contributed by atoms with Crippen LogP contribution in [0.5, 0.6) is 0 Å². The second-order valence-corrected chi connectivity index (χ2v) is 7.48. The van der Waals surface area contributed by atoms with Crippen molar-refractivity contribution in [3.8, 4) is 0 Å². The van der Waals surface area contributed by atoms with Crippen LogP contribution in [0, 0.1) is 5.92 Å². The van der Waals surface area contributed by atoms with Crippen molar-refractivity contribution in [1.82, 2.24) is 0 Å². The van der Waals surface area contributed by atoms with Crippen LogP contribution in [0.1, 0.15) is 19.3 Å². The maximum atomic E-state index is 12.1. The maximum Gasteiger partial charge on any atom is 0.229 e. The van der Waals surface area contributed by atoms with Gasteiger partial charge < -0.3 is 11.1 Å². The second kappa shape index (κ2) is 6.21. The highest BCUT2D eigenvalue weighted by Gasteiger charge is 2.28. The number of nitrogens with two attached hydrogens (primary N) is 1. The van der Waals surface area contributed by atoms with Gasteiger partial charge in [-0.25, -0.2) is 8.42 Å². The summed E-state index contributed by atoms with van der Waals surface area (Å²) in [6.07, 6.45) is 3.30. The Hall–Kier alpha value is -1.31. The zero-order valence-corrected chi connectivity index (χ0v) is 13.2. The molecular weight excluding hydrogens is 314 g/mol. The number of hydrogen-bond donors (Lipinski definition) is 3. The van der Waals surface area contributed by atoms with Crippen LogP contribution in [-0.2, 0) is 14.8 Å². The van der Waals surface area contributed by atoms with E-state index in [-0.39, 0.29) is 17.9 Å². The van der Waals surface area contributed by atoms with E-state index in [0.29, 0.717) is 22.8 Å². The van der Waals surface area contributed by atoms with Gasteiger partial charge in [0.1, 0.15) is 0 Å². The van der Waals surface area contributed by atoms with Gasteiger partial charge in [-0.05, 0) is 37.5 Å². The Bertz CT molecular complexity index is 648. The molecule has 0 heterocycles. The number of anilines is 2. The van der Waals surface area contributed by atoms with E-state index in [4.69, 9.17) is 17.3 Å². The maximum absolute atomic E-state index is 12.1. The highest BCUT2D eigenvalue weighted by atomic mass is 35.5. The first kappa shape index (κ1) is 16.1. The summed E-state index contributed by atoms with van der Waals surface area (Å²) in [4.78, 5) is 12.1. The monoisotopic (exact) mass is 331 g/mol. The van der Waals surface area contributed by atoms with Crippen LogP contribution < -0.4 is 15.8 Å². The molecule has 0 spiro atoms. The third kappa shape index (κ3) is 4.59. The van der Waals surface area contributed by atoms with Crippen LogP contribution in [-0.4, -0.2) is 26.6 Å². The zero-order chi connectivity index (χ0) is 15.6. The Balaban J connectivity index is 2.12. The number of halogens is 1. The topological polar surface area (TPSA) is 101 Å². The number of rotatable bonds is 4. The van der Waals surface area contributed by atoms with Crippen LogP contribution in [0.4, 0.5) is 11.4 Å². The molecule has 1 saturated carbocycles. The molecule has 2 rings (SSSR count). The lowest BCUT2D eigenvalue weighted by atomic mass is 10.1. The minimum atomic E-state index is -3.38. The quantitative estimate of drug-likeness (QED) is 0.782. The van der Waals surface area contributed by atoms with Gasteiger partial charge in [-0.15, -0.1) is 0 Å². The minimum absolute atomic E-state index is 0.0643. The smallest absolute Gasteiger partial charge is 0.229 e. The van der Waals surface area contributed by atoms with Crippen molar-refractivity contribution in [2.24, 2.45) is 11.7 Å². The van der Waals surface area contributed by atoms with Crippen LogP contribution >= 0.6 is 11.6 Å². The SMILES string of the molecule is CS(=O)(=O)Nc1ccc(Cl)c(NC(=O)C2CCC(N)C2)c1. The van der Waals surface area contributed by atoms with Gasteiger partial charge in [-0.2, -0.15) is 0 Å². The van der Waals surface area contributed by atoms with E-state index >= 15 is 0 Å². The largest absolute Gasteiger partial charge is 0.328 e. The summed E-state index contributed by atoms with van der Waals surface area (Å²) in [5, 5.41) is 3.09. The standard InChI is InChI=1S/C13H18ClN3O3S/c1-21(19,20)17-10-4-5-11(14)12(7-10)16-13(18)8-2-3-9(15)6-8/h4-5,7-9,17H,2-3,6,15H2,1H3,(H,16,18). The Morgan fingerprint density at radius 2 is 2.10 bits per heavy atom. The number of carbonyl (C=O) groups is 1. The van der Waals surface area contributed by atoms with E-state index in [0.717, 1.165) is 19.1 Å². The summed E-state index contributed by atoms with van der Waals surface area (Å²) in [5.74, 6) is -0.260. The summed E-state index contributed by atoms with van der Waals surface area (Å²) in [6, 6.07) is 4.63. The summed E-state index contributed by atoms with van der Waals surface area (Å²) in [5.41, 5.74) is 6.53. The second-order valence-electron chi connectivity index (χ2n) is 5.33.